The molecule has 0 fully saturated rings. The molecule has 0 spiro atoms. The van der Waals surface area contributed by atoms with Crippen LogP contribution in [0.5, 0.6) is 0 Å². The Bertz CT molecular complexity index is 3250. The van der Waals surface area contributed by atoms with Gasteiger partial charge < -0.3 is 9.73 Å². The molecule has 4 heteroatoms. The van der Waals surface area contributed by atoms with Gasteiger partial charge in [-0.15, -0.1) is 11.3 Å². The fourth-order valence-electron chi connectivity index (χ4n) is 8.20. The summed E-state index contributed by atoms with van der Waals surface area (Å²) >= 11 is 1.85. The number of hydrogen-bond acceptors (Lipinski definition) is 4. The largest absolute Gasteiger partial charge is 0.456 e. The predicted octanol–water partition coefficient (Wildman–Crippen LogP) is 13.6. The van der Waals surface area contributed by atoms with E-state index >= 15 is 0 Å². The lowest BCUT2D eigenvalue weighted by Gasteiger charge is -2.16. The number of rotatable bonds is 4. The van der Waals surface area contributed by atoms with E-state index in [2.05, 4.69) is 176 Å². The minimum atomic E-state index is -0.226. The van der Waals surface area contributed by atoms with Crippen molar-refractivity contribution in [1.82, 2.24) is 5.32 Å². The Balaban J connectivity index is 1.08. The Hall–Kier alpha value is -6.71. The van der Waals surface area contributed by atoms with E-state index in [4.69, 9.17) is 9.41 Å². The molecule has 1 unspecified atom stereocenters. The Morgan fingerprint density at radius 2 is 1.30 bits per heavy atom. The number of nitrogens with one attached hydrogen (secondary N) is 1. The summed E-state index contributed by atoms with van der Waals surface area (Å²) in [6.07, 6.45) is 0. The molecule has 54 heavy (non-hydrogen) atoms. The monoisotopic (exact) mass is 708 g/mol. The van der Waals surface area contributed by atoms with E-state index in [1.165, 1.54) is 47.3 Å². The van der Waals surface area contributed by atoms with Crippen LogP contribution in [0.2, 0.25) is 0 Å². The summed E-state index contributed by atoms with van der Waals surface area (Å²) in [6, 6.07) is 58.3. The van der Waals surface area contributed by atoms with Crippen LogP contribution >= 0.6 is 11.3 Å². The summed E-state index contributed by atoms with van der Waals surface area (Å²) in [5, 5.41) is 13.4. The van der Waals surface area contributed by atoms with Crippen molar-refractivity contribution in [2.75, 3.05) is 0 Å². The summed E-state index contributed by atoms with van der Waals surface area (Å²) in [5.74, 6) is 0.806. The van der Waals surface area contributed by atoms with Crippen molar-refractivity contribution >= 4 is 86.5 Å². The van der Waals surface area contributed by atoms with Crippen LogP contribution in [0.15, 0.2) is 185 Å². The number of aliphatic imine (C=N–C) groups is 1. The zero-order valence-electron chi connectivity index (χ0n) is 29.4. The van der Waals surface area contributed by atoms with Gasteiger partial charge in [0.05, 0.1) is 5.70 Å². The van der Waals surface area contributed by atoms with E-state index < -0.39 is 0 Å². The summed E-state index contributed by atoms with van der Waals surface area (Å²) < 4.78 is 9.13. The standard InChI is InChI=1S/C50H32N2OS/c1-30-26-43(51-50(32-11-3-2-4-12-32)52-49(30)36-20-23-38-35(27-36)19-18-31-10-5-6-13-37(31)38)40-15-9-16-45-48(40)42-29-33(21-24-44(42)53-45)34-22-25-47-41(28-34)39-14-7-8-17-46(39)54-47/h2-25,27-29,49H,1H3,(H,51,52). The molecular formula is C50H32N2OS. The summed E-state index contributed by atoms with van der Waals surface area (Å²) in [5.41, 5.74) is 12.9. The third-order valence-electron chi connectivity index (χ3n) is 10.8. The van der Waals surface area contributed by atoms with Crippen LogP contribution in [-0.4, -0.2) is 5.84 Å². The minimum Gasteiger partial charge on any atom is -0.456 e. The second-order valence-corrected chi connectivity index (χ2v) is 15.2. The molecular weight excluding hydrogens is 677 g/mol. The van der Waals surface area contributed by atoms with Gasteiger partial charge in [0, 0.05) is 42.1 Å². The zero-order valence-corrected chi connectivity index (χ0v) is 30.2. The van der Waals surface area contributed by atoms with Gasteiger partial charge in [0.15, 0.2) is 0 Å². The highest BCUT2D eigenvalue weighted by Gasteiger charge is 2.22. The summed E-state index contributed by atoms with van der Waals surface area (Å²) in [6.45, 7) is 2.14. The highest BCUT2D eigenvalue weighted by atomic mass is 32.1. The summed E-state index contributed by atoms with van der Waals surface area (Å²) in [7, 11) is 0. The third-order valence-corrected chi connectivity index (χ3v) is 12.0. The van der Waals surface area contributed by atoms with Crippen LogP contribution in [0.3, 0.4) is 0 Å². The first-order chi connectivity index (χ1) is 26.6. The fourth-order valence-corrected chi connectivity index (χ4v) is 9.28. The highest BCUT2D eigenvalue weighted by molar-refractivity contribution is 7.25. The van der Waals surface area contributed by atoms with E-state index in [1.54, 1.807) is 0 Å². The smallest absolute Gasteiger partial charge is 0.136 e. The lowest BCUT2D eigenvalue weighted by atomic mass is 9.95. The molecule has 0 amide bonds. The van der Waals surface area contributed by atoms with E-state index in [9.17, 15) is 0 Å². The Labute approximate surface area is 315 Å². The topological polar surface area (TPSA) is 37.5 Å². The van der Waals surface area contributed by atoms with Gasteiger partial charge in [0.1, 0.15) is 23.0 Å². The molecule has 10 aromatic rings. The van der Waals surface area contributed by atoms with Crippen molar-refractivity contribution in [2.24, 2.45) is 4.99 Å². The van der Waals surface area contributed by atoms with Gasteiger partial charge in [-0.1, -0.05) is 127 Å². The number of furan rings is 1. The average molecular weight is 709 g/mol. The number of hydrogen-bond donors (Lipinski definition) is 1. The number of nitrogens with zero attached hydrogens (tertiary/aromatic N) is 1. The maximum absolute atomic E-state index is 6.52. The van der Waals surface area contributed by atoms with Gasteiger partial charge in [-0.3, -0.25) is 4.99 Å². The van der Waals surface area contributed by atoms with Crippen molar-refractivity contribution in [2.45, 2.75) is 13.0 Å². The molecule has 1 aliphatic rings. The Kier molecular flexibility index (Phi) is 6.96. The predicted molar refractivity (Wildman–Crippen MR) is 228 cm³/mol. The van der Waals surface area contributed by atoms with Crippen LogP contribution in [0.4, 0.5) is 0 Å². The summed E-state index contributed by atoms with van der Waals surface area (Å²) in [4.78, 5) is 5.43. The average Bonchev–Trinajstić information content (AvgIpc) is 3.74. The third kappa shape index (κ3) is 5.00. The van der Waals surface area contributed by atoms with Crippen LogP contribution in [0.1, 0.15) is 29.7 Å². The molecule has 0 aliphatic carbocycles. The lowest BCUT2D eigenvalue weighted by Crippen LogP contribution is -2.23. The normalized spacial score (nSPS) is 14.8. The van der Waals surface area contributed by atoms with Gasteiger partial charge in [0.25, 0.3) is 0 Å². The number of amidine groups is 1. The first-order valence-corrected chi connectivity index (χ1v) is 19.1. The fraction of sp³-hybridized carbons (Fsp3) is 0.0400. The Morgan fingerprint density at radius 1 is 0.556 bits per heavy atom. The van der Waals surface area contributed by atoms with Crippen molar-refractivity contribution in [1.29, 1.82) is 0 Å². The molecule has 0 saturated heterocycles. The highest BCUT2D eigenvalue weighted by Crippen LogP contribution is 2.40. The van der Waals surface area contributed by atoms with Gasteiger partial charge >= 0.3 is 0 Å². The van der Waals surface area contributed by atoms with E-state index in [0.717, 1.165) is 61.3 Å². The lowest BCUT2D eigenvalue weighted by molar-refractivity contribution is 0.669. The van der Waals surface area contributed by atoms with Gasteiger partial charge in [-0.2, -0.15) is 0 Å². The van der Waals surface area contributed by atoms with Crippen molar-refractivity contribution in [3.05, 3.63) is 192 Å². The Morgan fingerprint density at radius 3 is 2.20 bits per heavy atom. The maximum Gasteiger partial charge on any atom is 0.136 e. The van der Waals surface area contributed by atoms with Gasteiger partial charge in [0.2, 0.25) is 0 Å². The zero-order chi connectivity index (χ0) is 35.8. The van der Waals surface area contributed by atoms with Crippen LogP contribution in [0, 0.1) is 0 Å². The quantitative estimate of drug-likeness (QED) is 0.146. The number of fused-ring (bicyclic) bond motifs is 9. The SMILES string of the molecule is CC1=C=C(c2cccc3oc4ccc(-c5ccc6sc7ccccc7c6c5)cc4c23)NC(c2ccccc2)=NC1c1ccc2c(ccc3ccccc32)c1. The molecule has 1 atom stereocenters. The molecule has 2 aromatic heterocycles. The molecule has 0 bridgehead atoms. The maximum atomic E-state index is 6.52. The molecule has 1 N–H and O–H groups in total. The van der Waals surface area contributed by atoms with Crippen LogP contribution < -0.4 is 5.32 Å². The first-order valence-electron chi connectivity index (χ1n) is 18.3. The molecule has 3 nitrogen and oxygen atoms in total. The van der Waals surface area contributed by atoms with Gasteiger partial charge in [-0.25, -0.2) is 0 Å². The minimum absolute atomic E-state index is 0.226. The molecule has 8 aromatic carbocycles. The van der Waals surface area contributed by atoms with Crippen molar-refractivity contribution in [3.8, 4) is 11.1 Å². The molecule has 254 valence electrons. The number of benzene rings is 8. The second kappa shape index (κ2) is 12.2. The van der Waals surface area contributed by atoms with Gasteiger partial charge in [-0.05, 0) is 93.2 Å². The van der Waals surface area contributed by atoms with Crippen LogP contribution in [0.25, 0.3) is 80.5 Å². The number of thiophene rings is 1. The van der Waals surface area contributed by atoms with Crippen molar-refractivity contribution < 1.29 is 4.42 Å². The molecule has 0 saturated carbocycles. The van der Waals surface area contributed by atoms with E-state index in [0.29, 0.717) is 0 Å². The van der Waals surface area contributed by atoms with Crippen LogP contribution in [-0.2, 0) is 0 Å². The van der Waals surface area contributed by atoms with E-state index in [-0.39, 0.29) is 6.04 Å². The molecule has 1 aliphatic heterocycles. The first kappa shape index (κ1) is 30.9. The second-order valence-electron chi connectivity index (χ2n) is 14.1. The van der Waals surface area contributed by atoms with Crippen molar-refractivity contribution in [3.63, 3.8) is 0 Å². The molecule has 3 heterocycles. The van der Waals surface area contributed by atoms with E-state index in [1.807, 2.05) is 17.4 Å². The molecule has 11 rings (SSSR count). The molecule has 0 radical (unpaired) electrons.